The maximum Gasteiger partial charge on any atom is 0.251 e. The zero-order chi connectivity index (χ0) is 13.0. The minimum Gasteiger partial charge on any atom is -0.507 e. The van der Waals surface area contributed by atoms with Gasteiger partial charge in [0, 0.05) is 17.7 Å². The zero-order valence-electron chi connectivity index (χ0n) is 10.2. The standard InChI is InChI=1S/C15H15NO2/c1-2-16-15(18)12-8-9-14(17)13(10-12)11-6-4-3-5-7-11/h3-10,17H,2H2,1H3,(H,16,18). The van der Waals surface area contributed by atoms with Crippen molar-refractivity contribution in [3.63, 3.8) is 0 Å². The number of benzene rings is 2. The first-order valence-electron chi connectivity index (χ1n) is 5.89. The van der Waals surface area contributed by atoms with E-state index in [1.165, 1.54) is 0 Å². The van der Waals surface area contributed by atoms with Crippen molar-refractivity contribution in [3.8, 4) is 16.9 Å². The number of phenolic OH excluding ortho intramolecular Hbond substituents is 1. The summed E-state index contributed by atoms with van der Waals surface area (Å²) in [6.07, 6.45) is 0. The van der Waals surface area contributed by atoms with Crippen molar-refractivity contribution in [2.75, 3.05) is 6.54 Å². The molecule has 0 unspecified atom stereocenters. The van der Waals surface area contributed by atoms with Crippen LogP contribution in [0.3, 0.4) is 0 Å². The number of carbonyl (C=O) groups is 1. The molecule has 2 N–H and O–H groups in total. The topological polar surface area (TPSA) is 49.3 Å². The molecular formula is C15H15NO2. The van der Waals surface area contributed by atoms with Gasteiger partial charge in [-0.25, -0.2) is 0 Å². The van der Waals surface area contributed by atoms with Crippen molar-refractivity contribution in [3.05, 3.63) is 54.1 Å². The first-order valence-corrected chi connectivity index (χ1v) is 5.89. The Labute approximate surface area is 106 Å². The molecule has 0 aliphatic heterocycles. The lowest BCUT2D eigenvalue weighted by atomic mass is 10.0. The average molecular weight is 241 g/mol. The van der Waals surface area contributed by atoms with Crippen LogP contribution in [0.2, 0.25) is 0 Å². The molecule has 2 aromatic carbocycles. The molecule has 0 aromatic heterocycles. The van der Waals surface area contributed by atoms with Crippen LogP contribution in [0, 0.1) is 0 Å². The van der Waals surface area contributed by atoms with E-state index >= 15 is 0 Å². The molecule has 0 saturated heterocycles. The highest BCUT2D eigenvalue weighted by Crippen LogP contribution is 2.29. The van der Waals surface area contributed by atoms with Gasteiger partial charge in [-0.2, -0.15) is 0 Å². The van der Waals surface area contributed by atoms with E-state index in [1.807, 2.05) is 37.3 Å². The van der Waals surface area contributed by atoms with Crippen LogP contribution in [0.5, 0.6) is 5.75 Å². The molecule has 1 amide bonds. The van der Waals surface area contributed by atoms with E-state index < -0.39 is 0 Å². The summed E-state index contributed by atoms with van der Waals surface area (Å²) in [5, 5.41) is 12.6. The predicted octanol–water partition coefficient (Wildman–Crippen LogP) is 2.81. The predicted molar refractivity (Wildman–Crippen MR) is 71.6 cm³/mol. The van der Waals surface area contributed by atoms with Crippen molar-refractivity contribution < 1.29 is 9.90 Å². The van der Waals surface area contributed by atoms with Crippen LogP contribution in [-0.4, -0.2) is 17.6 Å². The second kappa shape index (κ2) is 5.36. The van der Waals surface area contributed by atoms with Gasteiger partial charge in [-0.3, -0.25) is 4.79 Å². The molecule has 0 aliphatic rings. The number of nitrogens with one attached hydrogen (secondary N) is 1. The Bertz CT molecular complexity index is 550. The molecule has 3 heteroatoms. The Morgan fingerprint density at radius 3 is 2.56 bits per heavy atom. The van der Waals surface area contributed by atoms with Gasteiger partial charge in [0.2, 0.25) is 0 Å². The maximum atomic E-state index is 11.7. The van der Waals surface area contributed by atoms with E-state index in [0.29, 0.717) is 17.7 Å². The van der Waals surface area contributed by atoms with Crippen LogP contribution in [0.1, 0.15) is 17.3 Å². The van der Waals surface area contributed by atoms with E-state index in [9.17, 15) is 9.90 Å². The summed E-state index contributed by atoms with van der Waals surface area (Å²) in [5.74, 6) is 0.0453. The van der Waals surface area contributed by atoms with Gasteiger partial charge in [0.15, 0.2) is 0 Å². The highest BCUT2D eigenvalue weighted by atomic mass is 16.3. The van der Waals surface area contributed by atoms with Gasteiger partial charge < -0.3 is 10.4 Å². The molecule has 0 heterocycles. The largest absolute Gasteiger partial charge is 0.507 e. The summed E-state index contributed by atoms with van der Waals surface area (Å²) in [4.78, 5) is 11.7. The molecule has 0 aliphatic carbocycles. The number of amides is 1. The van der Waals surface area contributed by atoms with E-state index in [4.69, 9.17) is 0 Å². The van der Waals surface area contributed by atoms with Gasteiger partial charge in [0.1, 0.15) is 5.75 Å². The number of aromatic hydroxyl groups is 1. The van der Waals surface area contributed by atoms with E-state index in [0.717, 1.165) is 5.56 Å². The lowest BCUT2D eigenvalue weighted by Gasteiger charge is -2.08. The van der Waals surface area contributed by atoms with Crippen LogP contribution < -0.4 is 5.32 Å². The zero-order valence-corrected chi connectivity index (χ0v) is 10.2. The van der Waals surface area contributed by atoms with Gasteiger partial charge in [-0.05, 0) is 30.7 Å². The SMILES string of the molecule is CCNC(=O)c1ccc(O)c(-c2ccccc2)c1. The number of hydrogen-bond acceptors (Lipinski definition) is 2. The molecule has 0 spiro atoms. The third-order valence-corrected chi connectivity index (χ3v) is 2.68. The molecule has 0 bridgehead atoms. The van der Waals surface area contributed by atoms with Gasteiger partial charge in [-0.1, -0.05) is 30.3 Å². The first-order chi connectivity index (χ1) is 8.72. The van der Waals surface area contributed by atoms with Crippen molar-refractivity contribution in [1.82, 2.24) is 5.32 Å². The molecule has 0 fully saturated rings. The molecule has 18 heavy (non-hydrogen) atoms. The van der Waals surface area contributed by atoms with Gasteiger partial charge in [0.05, 0.1) is 0 Å². The summed E-state index contributed by atoms with van der Waals surface area (Å²) in [5.41, 5.74) is 2.11. The summed E-state index contributed by atoms with van der Waals surface area (Å²) in [7, 11) is 0. The molecular weight excluding hydrogens is 226 g/mol. The second-order valence-electron chi connectivity index (χ2n) is 3.96. The highest BCUT2D eigenvalue weighted by Gasteiger charge is 2.09. The van der Waals surface area contributed by atoms with Crippen LogP contribution in [0.4, 0.5) is 0 Å². The highest BCUT2D eigenvalue weighted by molar-refractivity contribution is 5.96. The normalized spacial score (nSPS) is 10.1. The first kappa shape index (κ1) is 12.2. The third kappa shape index (κ3) is 2.51. The monoisotopic (exact) mass is 241 g/mol. The molecule has 2 aromatic rings. The third-order valence-electron chi connectivity index (χ3n) is 2.68. The van der Waals surface area contributed by atoms with Crippen LogP contribution in [0.15, 0.2) is 48.5 Å². The fraction of sp³-hybridized carbons (Fsp3) is 0.133. The summed E-state index contributed by atoms with van der Waals surface area (Å²) < 4.78 is 0. The lowest BCUT2D eigenvalue weighted by molar-refractivity contribution is 0.0956. The molecule has 3 nitrogen and oxygen atoms in total. The van der Waals surface area contributed by atoms with Gasteiger partial charge >= 0.3 is 0 Å². The minimum absolute atomic E-state index is 0.130. The fourth-order valence-corrected chi connectivity index (χ4v) is 1.79. The van der Waals surface area contributed by atoms with Gasteiger partial charge in [-0.15, -0.1) is 0 Å². The van der Waals surface area contributed by atoms with E-state index in [-0.39, 0.29) is 11.7 Å². The average Bonchev–Trinajstić information content (AvgIpc) is 2.40. The molecule has 0 atom stereocenters. The fourth-order valence-electron chi connectivity index (χ4n) is 1.79. The van der Waals surface area contributed by atoms with Crippen LogP contribution in [0.25, 0.3) is 11.1 Å². The summed E-state index contributed by atoms with van der Waals surface area (Å²) in [6.45, 7) is 2.46. The Kier molecular flexibility index (Phi) is 3.63. The minimum atomic E-state index is -0.130. The van der Waals surface area contributed by atoms with Gasteiger partial charge in [0.25, 0.3) is 5.91 Å². The summed E-state index contributed by atoms with van der Waals surface area (Å²) in [6, 6.07) is 14.4. The number of phenols is 1. The molecule has 92 valence electrons. The number of rotatable bonds is 3. The van der Waals surface area contributed by atoms with Crippen molar-refractivity contribution >= 4 is 5.91 Å². The Hall–Kier alpha value is -2.29. The van der Waals surface area contributed by atoms with Crippen molar-refractivity contribution in [2.45, 2.75) is 6.92 Å². The second-order valence-corrected chi connectivity index (χ2v) is 3.96. The van der Waals surface area contributed by atoms with E-state index in [1.54, 1.807) is 18.2 Å². The maximum absolute atomic E-state index is 11.7. The Morgan fingerprint density at radius 1 is 1.17 bits per heavy atom. The van der Waals surface area contributed by atoms with E-state index in [2.05, 4.69) is 5.32 Å². The Morgan fingerprint density at radius 2 is 1.89 bits per heavy atom. The molecule has 0 radical (unpaired) electrons. The Balaban J connectivity index is 2.42. The van der Waals surface area contributed by atoms with Crippen molar-refractivity contribution in [2.24, 2.45) is 0 Å². The number of hydrogen-bond donors (Lipinski definition) is 2. The molecule has 0 saturated carbocycles. The quantitative estimate of drug-likeness (QED) is 0.868. The summed E-state index contributed by atoms with van der Waals surface area (Å²) >= 11 is 0. The molecule has 2 rings (SSSR count). The van der Waals surface area contributed by atoms with Crippen molar-refractivity contribution in [1.29, 1.82) is 0 Å². The number of carbonyl (C=O) groups excluding carboxylic acids is 1. The lowest BCUT2D eigenvalue weighted by Crippen LogP contribution is -2.22. The smallest absolute Gasteiger partial charge is 0.251 e. The van der Waals surface area contributed by atoms with Crippen LogP contribution in [-0.2, 0) is 0 Å². The van der Waals surface area contributed by atoms with Crippen LogP contribution >= 0.6 is 0 Å².